The minimum absolute atomic E-state index is 0.130. The van der Waals surface area contributed by atoms with E-state index >= 15 is 0 Å². The van der Waals surface area contributed by atoms with Gasteiger partial charge in [-0.2, -0.15) is 0 Å². The van der Waals surface area contributed by atoms with Crippen molar-refractivity contribution in [3.05, 3.63) is 47.1 Å². The molecule has 2 aliphatic carbocycles. The van der Waals surface area contributed by atoms with Crippen LogP contribution in [0.2, 0.25) is 0 Å². The summed E-state index contributed by atoms with van der Waals surface area (Å²) < 4.78 is 6.57. The van der Waals surface area contributed by atoms with Crippen LogP contribution < -0.4 is 0 Å². The van der Waals surface area contributed by atoms with Gasteiger partial charge in [0.2, 0.25) is 0 Å². The molecule has 22 heavy (non-hydrogen) atoms. The Morgan fingerprint density at radius 3 is 2.59 bits per heavy atom. The Morgan fingerprint density at radius 1 is 1.23 bits per heavy atom. The molecule has 0 aliphatic heterocycles. The highest BCUT2D eigenvalue weighted by Gasteiger charge is 2.41. The van der Waals surface area contributed by atoms with Crippen LogP contribution in [0.1, 0.15) is 66.7 Å². The molecule has 1 nitrogen and oxygen atoms in total. The Labute approximate surface area is 136 Å². The van der Waals surface area contributed by atoms with Gasteiger partial charge in [-0.3, -0.25) is 0 Å². The smallest absolute Gasteiger partial charge is 0.0974 e. The average molecular weight is 300 g/mol. The molecule has 0 spiro atoms. The van der Waals surface area contributed by atoms with Crippen LogP contribution in [0.25, 0.3) is 0 Å². The normalized spacial score (nSPS) is 25.0. The Bertz CT molecular complexity index is 511. The van der Waals surface area contributed by atoms with Gasteiger partial charge in [0, 0.05) is 13.0 Å². The van der Waals surface area contributed by atoms with Gasteiger partial charge in [0.15, 0.2) is 0 Å². The molecule has 122 valence electrons. The third-order valence-electron chi connectivity index (χ3n) is 4.64. The number of allylic oxidation sites excluding steroid dienone is 5. The van der Waals surface area contributed by atoms with Crippen LogP contribution in [0.4, 0.5) is 0 Å². The molecule has 1 unspecified atom stereocenters. The standard InChI is InChI=1S/C21H32O/c1-6-7-14-22-21(16-18-10-8-9-11-18)13-12-17(2)15-19(21)20(3,4)5/h8,10-12,15H,6-7,9,13-14,16H2,1-5H3. The number of ether oxygens (including phenoxy) is 1. The van der Waals surface area contributed by atoms with Crippen LogP contribution in [0.5, 0.6) is 0 Å². The highest BCUT2D eigenvalue weighted by atomic mass is 16.5. The molecule has 2 aliphatic rings. The van der Waals surface area contributed by atoms with Gasteiger partial charge in [-0.1, -0.05) is 70.1 Å². The van der Waals surface area contributed by atoms with Crippen molar-refractivity contribution in [3.63, 3.8) is 0 Å². The minimum Gasteiger partial charge on any atom is -0.370 e. The molecule has 0 amide bonds. The average Bonchev–Trinajstić information content (AvgIpc) is 2.93. The van der Waals surface area contributed by atoms with Crippen molar-refractivity contribution in [3.8, 4) is 0 Å². The lowest BCUT2D eigenvalue weighted by Gasteiger charge is -2.44. The van der Waals surface area contributed by atoms with E-state index in [1.54, 1.807) is 0 Å². The molecule has 1 heteroatoms. The summed E-state index contributed by atoms with van der Waals surface area (Å²) in [5.74, 6) is 0. The van der Waals surface area contributed by atoms with Crippen molar-refractivity contribution < 1.29 is 4.74 Å². The molecule has 2 rings (SSSR count). The van der Waals surface area contributed by atoms with E-state index < -0.39 is 0 Å². The number of hydrogen-bond acceptors (Lipinski definition) is 1. The van der Waals surface area contributed by atoms with Gasteiger partial charge in [0.25, 0.3) is 0 Å². The van der Waals surface area contributed by atoms with E-state index in [9.17, 15) is 0 Å². The first kappa shape index (κ1) is 17.3. The molecule has 0 aromatic heterocycles. The van der Waals surface area contributed by atoms with Gasteiger partial charge in [-0.05, 0) is 42.7 Å². The molecular weight excluding hydrogens is 268 g/mol. The third kappa shape index (κ3) is 4.01. The van der Waals surface area contributed by atoms with Crippen LogP contribution in [0, 0.1) is 5.41 Å². The van der Waals surface area contributed by atoms with Crippen LogP contribution in [-0.2, 0) is 4.74 Å². The lowest BCUT2D eigenvalue weighted by atomic mass is 9.69. The van der Waals surface area contributed by atoms with Crippen molar-refractivity contribution in [2.45, 2.75) is 72.3 Å². The molecule has 0 bridgehead atoms. The highest BCUT2D eigenvalue weighted by Crippen LogP contribution is 2.46. The molecule has 0 radical (unpaired) electrons. The van der Waals surface area contributed by atoms with E-state index in [1.807, 2.05) is 0 Å². The topological polar surface area (TPSA) is 9.23 Å². The van der Waals surface area contributed by atoms with Crippen molar-refractivity contribution in [2.24, 2.45) is 5.41 Å². The molecule has 1 atom stereocenters. The second-order valence-corrected chi connectivity index (χ2v) is 7.75. The van der Waals surface area contributed by atoms with E-state index in [0.29, 0.717) is 0 Å². The molecule has 0 heterocycles. The first-order chi connectivity index (χ1) is 10.4. The van der Waals surface area contributed by atoms with Crippen LogP contribution >= 0.6 is 0 Å². The molecule has 0 saturated heterocycles. The molecule has 0 saturated carbocycles. The lowest BCUT2D eigenvalue weighted by Crippen LogP contribution is -2.41. The van der Waals surface area contributed by atoms with E-state index in [4.69, 9.17) is 4.74 Å². The van der Waals surface area contributed by atoms with Gasteiger partial charge >= 0.3 is 0 Å². The highest BCUT2D eigenvalue weighted by molar-refractivity contribution is 5.41. The molecule has 0 aromatic rings. The zero-order valence-corrected chi connectivity index (χ0v) is 15.0. The predicted octanol–water partition coefficient (Wildman–Crippen LogP) is 6.14. The molecule has 0 aromatic carbocycles. The molecular formula is C21H32O. The fraction of sp³-hybridized carbons (Fsp3) is 0.619. The maximum atomic E-state index is 6.57. The summed E-state index contributed by atoms with van der Waals surface area (Å²) >= 11 is 0. The first-order valence-corrected chi connectivity index (χ1v) is 8.76. The molecule has 0 N–H and O–H groups in total. The third-order valence-corrected chi connectivity index (χ3v) is 4.64. The van der Waals surface area contributed by atoms with Crippen LogP contribution in [0.3, 0.4) is 0 Å². The zero-order valence-electron chi connectivity index (χ0n) is 15.0. The second kappa shape index (κ2) is 7.00. The van der Waals surface area contributed by atoms with Crippen molar-refractivity contribution >= 4 is 0 Å². The summed E-state index contributed by atoms with van der Waals surface area (Å²) in [6.45, 7) is 12.2. The molecule has 0 fully saturated rings. The zero-order chi connectivity index (χ0) is 16.2. The summed E-state index contributed by atoms with van der Waals surface area (Å²) in [4.78, 5) is 0. The SMILES string of the molecule is CCCCOC1(CC2=CCC=C2)CC=C(C)C=C1C(C)(C)C. The van der Waals surface area contributed by atoms with Crippen molar-refractivity contribution in [2.75, 3.05) is 6.61 Å². The van der Waals surface area contributed by atoms with Gasteiger partial charge in [-0.25, -0.2) is 0 Å². The second-order valence-electron chi connectivity index (χ2n) is 7.75. The van der Waals surface area contributed by atoms with E-state index in [1.165, 1.54) is 23.1 Å². The summed E-state index contributed by atoms with van der Waals surface area (Å²) in [6, 6.07) is 0. The van der Waals surface area contributed by atoms with Crippen LogP contribution in [0.15, 0.2) is 47.1 Å². The van der Waals surface area contributed by atoms with Crippen molar-refractivity contribution in [1.82, 2.24) is 0 Å². The van der Waals surface area contributed by atoms with Gasteiger partial charge in [0.05, 0.1) is 5.60 Å². The maximum absolute atomic E-state index is 6.57. The minimum atomic E-state index is -0.159. The number of rotatable bonds is 6. The summed E-state index contributed by atoms with van der Waals surface area (Å²) in [5, 5.41) is 0. The Balaban J connectivity index is 2.33. The van der Waals surface area contributed by atoms with Crippen LogP contribution in [-0.4, -0.2) is 12.2 Å². The van der Waals surface area contributed by atoms with Gasteiger partial charge in [-0.15, -0.1) is 0 Å². The Morgan fingerprint density at radius 2 is 2.00 bits per heavy atom. The monoisotopic (exact) mass is 300 g/mol. The Hall–Kier alpha value is -1.08. The van der Waals surface area contributed by atoms with E-state index in [0.717, 1.165) is 32.3 Å². The fourth-order valence-electron chi connectivity index (χ4n) is 3.49. The van der Waals surface area contributed by atoms with Gasteiger partial charge in [0.1, 0.15) is 0 Å². The predicted molar refractivity (Wildman–Crippen MR) is 96.0 cm³/mol. The quantitative estimate of drug-likeness (QED) is 0.535. The number of unbranched alkanes of at least 4 members (excludes halogenated alkanes) is 1. The lowest BCUT2D eigenvalue weighted by molar-refractivity contribution is -0.0283. The maximum Gasteiger partial charge on any atom is 0.0974 e. The fourth-order valence-corrected chi connectivity index (χ4v) is 3.49. The summed E-state index contributed by atoms with van der Waals surface area (Å²) in [6.07, 6.45) is 17.0. The van der Waals surface area contributed by atoms with Gasteiger partial charge < -0.3 is 4.74 Å². The van der Waals surface area contributed by atoms with Crippen molar-refractivity contribution in [1.29, 1.82) is 0 Å². The Kier molecular flexibility index (Phi) is 5.50. The summed E-state index contributed by atoms with van der Waals surface area (Å²) in [7, 11) is 0. The first-order valence-electron chi connectivity index (χ1n) is 8.76. The largest absolute Gasteiger partial charge is 0.370 e. The summed E-state index contributed by atoms with van der Waals surface area (Å²) in [5.41, 5.74) is 4.23. The van der Waals surface area contributed by atoms with E-state index in [2.05, 4.69) is 65.0 Å². The van der Waals surface area contributed by atoms with E-state index in [-0.39, 0.29) is 11.0 Å². The number of hydrogen-bond donors (Lipinski definition) is 0.